The van der Waals surface area contributed by atoms with Gasteiger partial charge in [0, 0.05) is 12.6 Å². The molecular weight excluding hydrogens is 378 g/mol. The lowest BCUT2D eigenvalue weighted by Crippen LogP contribution is -2.37. The van der Waals surface area contributed by atoms with Gasteiger partial charge in [-0.3, -0.25) is 0 Å². The number of benzene rings is 3. The number of hydrogen-bond donors (Lipinski definition) is 0. The summed E-state index contributed by atoms with van der Waals surface area (Å²) in [6.07, 6.45) is 0. The number of rotatable bonds is 8. The molecule has 4 heteroatoms. The first-order valence-corrected chi connectivity index (χ1v) is 11.7. The summed E-state index contributed by atoms with van der Waals surface area (Å²) in [4.78, 5) is 0. The van der Waals surface area contributed by atoms with Gasteiger partial charge in [-0.2, -0.15) is 4.31 Å². The molecule has 0 radical (unpaired) electrons. The monoisotopic (exact) mass is 407 g/mol. The fraction of sp³-hybridized carbons (Fsp3) is 0.280. The summed E-state index contributed by atoms with van der Waals surface area (Å²) >= 11 is 0. The topological polar surface area (TPSA) is 37.4 Å². The highest BCUT2D eigenvalue weighted by atomic mass is 32.2. The fourth-order valence-electron chi connectivity index (χ4n) is 3.49. The minimum Gasteiger partial charge on any atom is -0.212 e. The Morgan fingerprint density at radius 3 is 1.79 bits per heavy atom. The van der Waals surface area contributed by atoms with Crippen LogP contribution in [0.5, 0.6) is 0 Å². The van der Waals surface area contributed by atoms with Crippen LogP contribution in [0.4, 0.5) is 0 Å². The van der Waals surface area contributed by atoms with Gasteiger partial charge < -0.3 is 0 Å². The predicted molar refractivity (Wildman–Crippen MR) is 121 cm³/mol. The molecular formula is C25H29NO2S. The Morgan fingerprint density at radius 2 is 1.24 bits per heavy atom. The van der Waals surface area contributed by atoms with Gasteiger partial charge in [0.05, 0.1) is 5.75 Å². The predicted octanol–water partition coefficient (Wildman–Crippen LogP) is 5.90. The Bertz CT molecular complexity index is 998. The number of hydrogen-bond acceptors (Lipinski definition) is 2. The number of sulfonamides is 1. The lowest BCUT2D eigenvalue weighted by molar-refractivity contribution is 0.308. The molecule has 1 unspecified atom stereocenters. The third-order valence-corrected chi connectivity index (χ3v) is 6.90. The standard InChI is InChI=1S/C25H29NO2S/c1-20(2)18-26(29(27,28)19-22-10-6-4-7-11-22)21(3)23-14-16-25(17-15-23)24-12-8-5-9-13-24/h4-17,20-21H,18-19H2,1-3H3. The van der Waals surface area contributed by atoms with Crippen LogP contribution in [0.3, 0.4) is 0 Å². The van der Waals surface area contributed by atoms with E-state index in [1.165, 1.54) is 0 Å². The third kappa shape index (κ3) is 5.55. The average molecular weight is 408 g/mol. The normalized spacial score (nSPS) is 13.0. The minimum atomic E-state index is -3.45. The van der Waals surface area contributed by atoms with Crippen molar-refractivity contribution in [3.8, 4) is 11.1 Å². The van der Waals surface area contributed by atoms with Crippen LogP contribution < -0.4 is 0 Å². The van der Waals surface area contributed by atoms with Crippen LogP contribution in [-0.2, 0) is 15.8 Å². The smallest absolute Gasteiger partial charge is 0.212 e. The van der Waals surface area contributed by atoms with Gasteiger partial charge in [0.2, 0.25) is 10.0 Å². The Hall–Kier alpha value is -2.43. The summed E-state index contributed by atoms with van der Waals surface area (Å²) in [5.74, 6) is 0.263. The minimum absolute atomic E-state index is 0.0208. The first kappa shape index (κ1) is 21.3. The lowest BCUT2D eigenvalue weighted by Gasteiger charge is -2.30. The van der Waals surface area contributed by atoms with Gasteiger partial charge in [-0.15, -0.1) is 0 Å². The zero-order valence-electron chi connectivity index (χ0n) is 17.3. The van der Waals surface area contributed by atoms with Crippen LogP contribution >= 0.6 is 0 Å². The maximum absolute atomic E-state index is 13.3. The largest absolute Gasteiger partial charge is 0.218 e. The van der Waals surface area contributed by atoms with Crippen molar-refractivity contribution in [3.63, 3.8) is 0 Å². The van der Waals surface area contributed by atoms with E-state index < -0.39 is 10.0 Å². The molecule has 29 heavy (non-hydrogen) atoms. The Balaban J connectivity index is 1.86. The van der Waals surface area contributed by atoms with E-state index in [2.05, 4.69) is 38.1 Å². The molecule has 152 valence electrons. The van der Waals surface area contributed by atoms with E-state index >= 15 is 0 Å². The summed E-state index contributed by atoms with van der Waals surface area (Å²) in [5, 5.41) is 0. The second-order valence-electron chi connectivity index (χ2n) is 7.87. The molecule has 0 fully saturated rings. The second kappa shape index (κ2) is 9.38. The highest BCUT2D eigenvalue weighted by Crippen LogP contribution is 2.28. The fourth-order valence-corrected chi connectivity index (χ4v) is 5.40. The average Bonchev–Trinajstić information content (AvgIpc) is 2.72. The summed E-state index contributed by atoms with van der Waals surface area (Å²) in [7, 11) is -3.45. The Morgan fingerprint density at radius 1 is 0.724 bits per heavy atom. The van der Waals surface area contributed by atoms with E-state index in [1.54, 1.807) is 4.31 Å². The Kier molecular flexibility index (Phi) is 6.88. The van der Waals surface area contributed by atoms with Crippen LogP contribution in [0.1, 0.15) is 37.9 Å². The SMILES string of the molecule is CC(C)CN(C(C)c1ccc(-c2ccccc2)cc1)S(=O)(=O)Cc1ccccc1. The van der Waals surface area contributed by atoms with Gasteiger partial charge in [-0.1, -0.05) is 98.8 Å². The molecule has 0 heterocycles. The highest BCUT2D eigenvalue weighted by Gasteiger charge is 2.29. The van der Waals surface area contributed by atoms with Crippen LogP contribution in [0.25, 0.3) is 11.1 Å². The molecule has 3 nitrogen and oxygen atoms in total. The molecule has 3 rings (SSSR count). The maximum Gasteiger partial charge on any atom is 0.218 e. The van der Waals surface area contributed by atoms with Gasteiger partial charge in [0.25, 0.3) is 0 Å². The molecule has 0 aliphatic carbocycles. The molecule has 0 saturated carbocycles. The van der Waals surface area contributed by atoms with Crippen molar-refractivity contribution in [2.45, 2.75) is 32.6 Å². The molecule has 3 aromatic carbocycles. The van der Waals surface area contributed by atoms with Gasteiger partial charge in [0.15, 0.2) is 0 Å². The molecule has 0 aliphatic heterocycles. The quantitative estimate of drug-likeness (QED) is 0.466. The van der Waals surface area contributed by atoms with Crippen LogP contribution in [0.2, 0.25) is 0 Å². The summed E-state index contributed by atoms with van der Waals surface area (Å²) < 4.78 is 28.2. The van der Waals surface area contributed by atoms with Crippen molar-refractivity contribution in [2.75, 3.05) is 6.54 Å². The van der Waals surface area contributed by atoms with Crippen molar-refractivity contribution in [3.05, 3.63) is 96.1 Å². The van der Waals surface area contributed by atoms with Crippen LogP contribution in [0.15, 0.2) is 84.9 Å². The van der Waals surface area contributed by atoms with Crippen molar-refractivity contribution >= 4 is 10.0 Å². The zero-order valence-corrected chi connectivity index (χ0v) is 18.1. The first-order chi connectivity index (χ1) is 13.9. The Labute approximate surface area is 175 Å². The molecule has 1 atom stereocenters. The van der Waals surface area contributed by atoms with Gasteiger partial charge in [0.1, 0.15) is 0 Å². The van der Waals surface area contributed by atoms with Crippen molar-refractivity contribution in [1.82, 2.24) is 4.31 Å². The molecule has 0 saturated heterocycles. The van der Waals surface area contributed by atoms with Crippen LogP contribution in [0, 0.1) is 5.92 Å². The van der Waals surface area contributed by atoms with E-state index in [4.69, 9.17) is 0 Å². The molecule has 0 aliphatic rings. The van der Waals surface area contributed by atoms with E-state index in [0.717, 1.165) is 22.3 Å². The molecule has 0 aromatic heterocycles. The van der Waals surface area contributed by atoms with Gasteiger partial charge in [-0.05, 0) is 35.1 Å². The number of nitrogens with zero attached hydrogens (tertiary/aromatic N) is 1. The molecule has 3 aromatic rings. The maximum atomic E-state index is 13.3. The van der Waals surface area contributed by atoms with E-state index in [0.29, 0.717) is 6.54 Å². The first-order valence-electron chi connectivity index (χ1n) is 10.1. The van der Waals surface area contributed by atoms with Crippen molar-refractivity contribution < 1.29 is 8.42 Å². The second-order valence-corrected chi connectivity index (χ2v) is 9.79. The van der Waals surface area contributed by atoms with E-state index in [1.807, 2.05) is 67.6 Å². The summed E-state index contributed by atoms with van der Waals surface area (Å²) in [5.41, 5.74) is 4.10. The highest BCUT2D eigenvalue weighted by molar-refractivity contribution is 7.88. The molecule has 0 bridgehead atoms. The van der Waals surface area contributed by atoms with E-state index in [9.17, 15) is 8.42 Å². The summed E-state index contributed by atoms with van der Waals surface area (Å²) in [6.45, 7) is 6.58. The summed E-state index contributed by atoms with van der Waals surface area (Å²) in [6, 6.07) is 27.6. The van der Waals surface area contributed by atoms with Gasteiger partial charge in [-0.25, -0.2) is 8.42 Å². The van der Waals surface area contributed by atoms with Gasteiger partial charge >= 0.3 is 0 Å². The van der Waals surface area contributed by atoms with E-state index in [-0.39, 0.29) is 17.7 Å². The van der Waals surface area contributed by atoms with Crippen molar-refractivity contribution in [1.29, 1.82) is 0 Å². The zero-order chi connectivity index (χ0) is 20.9. The lowest BCUT2D eigenvalue weighted by atomic mass is 10.0. The third-order valence-electron chi connectivity index (χ3n) is 5.03. The molecule has 0 amide bonds. The molecule has 0 N–H and O–H groups in total. The van der Waals surface area contributed by atoms with Crippen LogP contribution in [-0.4, -0.2) is 19.3 Å². The van der Waals surface area contributed by atoms with Crippen molar-refractivity contribution in [2.24, 2.45) is 5.92 Å². The molecule has 0 spiro atoms.